The van der Waals surface area contributed by atoms with Crippen molar-refractivity contribution < 1.29 is 29.0 Å². The third-order valence-electron chi connectivity index (χ3n) is 6.93. The second-order valence-electron chi connectivity index (χ2n) is 9.32. The molecule has 11 heteroatoms. The van der Waals surface area contributed by atoms with Crippen LogP contribution in [0, 0.1) is 0 Å². The Labute approximate surface area is 207 Å². The van der Waals surface area contributed by atoms with E-state index in [1.165, 1.54) is 10.5 Å². The van der Waals surface area contributed by atoms with Gasteiger partial charge in [0, 0.05) is 30.8 Å². The minimum atomic E-state index is -2.49. The van der Waals surface area contributed by atoms with Gasteiger partial charge in [0.1, 0.15) is 18.4 Å². The van der Waals surface area contributed by atoms with Crippen molar-refractivity contribution in [3.63, 3.8) is 0 Å². The fourth-order valence-corrected chi connectivity index (χ4v) is 4.78. The molecule has 11 nitrogen and oxygen atoms in total. The summed E-state index contributed by atoms with van der Waals surface area (Å²) in [5.41, 5.74) is 12.3. The van der Waals surface area contributed by atoms with Gasteiger partial charge >= 0.3 is 0 Å². The molecular weight excluding hydrogens is 466 g/mol. The summed E-state index contributed by atoms with van der Waals surface area (Å²) < 4.78 is 11.4. The highest BCUT2D eigenvalue weighted by Gasteiger charge is 2.54. The number of carbonyl (C=O) groups is 3. The van der Waals surface area contributed by atoms with Gasteiger partial charge < -0.3 is 25.2 Å². The van der Waals surface area contributed by atoms with Crippen LogP contribution in [0.3, 0.4) is 0 Å². The van der Waals surface area contributed by atoms with Gasteiger partial charge in [0.25, 0.3) is 17.7 Å². The molecule has 5 rings (SSSR count). The number of amides is 3. The van der Waals surface area contributed by atoms with Crippen LogP contribution in [0.5, 0.6) is 5.75 Å². The van der Waals surface area contributed by atoms with E-state index in [9.17, 15) is 19.5 Å². The number of hydrogen-bond donors (Lipinski definition) is 4. The number of imide groups is 1. The molecule has 0 aliphatic carbocycles. The SMILES string of the molecule is NC1C(N2Cc3c(OCc4ccc(CN5CCOCC5)cc4)cccc3C2=O)C(=O)NC(=O)C1(N)O. The van der Waals surface area contributed by atoms with E-state index in [1.54, 1.807) is 18.2 Å². The first-order valence-corrected chi connectivity index (χ1v) is 11.8. The molecule has 3 aliphatic rings. The number of nitrogens with zero attached hydrogens (tertiary/aromatic N) is 2. The van der Waals surface area contributed by atoms with Gasteiger partial charge in [-0.15, -0.1) is 0 Å². The van der Waals surface area contributed by atoms with Crippen LogP contribution in [-0.2, 0) is 34.0 Å². The van der Waals surface area contributed by atoms with Crippen LogP contribution in [-0.4, -0.2) is 76.7 Å². The second-order valence-corrected chi connectivity index (χ2v) is 9.32. The smallest absolute Gasteiger partial charge is 0.275 e. The quantitative estimate of drug-likeness (QED) is 0.293. The fourth-order valence-electron chi connectivity index (χ4n) is 4.78. The van der Waals surface area contributed by atoms with Crippen molar-refractivity contribution in [1.82, 2.24) is 15.1 Å². The lowest BCUT2D eigenvalue weighted by molar-refractivity contribution is -0.156. The zero-order valence-electron chi connectivity index (χ0n) is 19.7. The lowest BCUT2D eigenvalue weighted by atomic mass is 9.91. The van der Waals surface area contributed by atoms with Crippen molar-refractivity contribution in [3.05, 3.63) is 64.7 Å². The van der Waals surface area contributed by atoms with Crippen molar-refractivity contribution in [3.8, 4) is 5.75 Å². The van der Waals surface area contributed by atoms with Crippen LogP contribution in [0.25, 0.3) is 0 Å². The summed E-state index contributed by atoms with van der Waals surface area (Å²) in [6.07, 6.45) is 0. The van der Waals surface area contributed by atoms with E-state index in [1.807, 2.05) is 17.4 Å². The first kappa shape index (κ1) is 24.3. The molecule has 36 heavy (non-hydrogen) atoms. The molecule has 3 amide bonds. The van der Waals surface area contributed by atoms with Crippen LogP contribution < -0.4 is 21.5 Å². The molecule has 2 aromatic carbocycles. The molecule has 190 valence electrons. The molecule has 3 aliphatic heterocycles. The van der Waals surface area contributed by atoms with Gasteiger partial charge in [-0.3, -0.25) is 30.3 Å². The number of piperidine rings is 1. The Kier molecular flexibility index (Phi) is 6.49. The maximum atomic E-state index is 13.1. The van der Waals surface area contributed by atoms with Crippen molar-refractivity contribution in [2.24, 2.45) is 11.5 Å². The summed E-state index contributed by atoms with van der Waals surface area (Å²) in [4.78, 5) is 41.1. The lowest BCUT2D eigenvalue weighted by Gasteiger charge is -2.41. The molecule has 2 aromatic rings. The van der Waals surface area contributed by atoms with Crippen LogP contribution in [0.15, 0.2) is 42.5 Å². The number of benzene rings is 2. The Hall–Kier alpha value is -3.35. The molecule has 3 heterocycles. The van der Waals surface area contributed by atoms with Gasteiger partial charge in [0.2, 0.25) is 5.72 Å². The Morgan fingerprint density at radius 1 is 1.08 bits per heavy atom. The monoisotopic (exact) mass is 495 g/mol. The summed E-state index contributed by atoms with van der Waals surface area (Å²) >= 11 is 0. The highest BCUT2D eigenvalue weighted by atomic mass is 16.5. The number of morpholine rings is 1. The average molecular weight is 496 g/mol. The van der Waals surface area contributed by atoms with Crippen molar-refractivity contribution in [2.75, 3.05) is 26.3 Å². The fraction of sp³-hybridized carbons (Fsp3) is 0.400. The molecule has 2 fully saturated rings. The Morgan fingerprint density at radius 3 is 2.50 bits per heavy atom. The van der Waals surface area contributed by atoms with E-state index in [0.717, 1.165) is 38.4 Å². The number of fused-ring (bicyclic) bond motifs is 1. The van der Waals surface area contributed by atoms with Gasteiger partial charge in [0.05, 0.1) is 25.8 Å². The van der Waals surface area contributed by atoms with Crippen LogP contribution in [0.2, 0.25) is 0 Å². The molecule has 3 atom stereocenters. The molecule has 6 N–H and O–H groups in total. The molecule has 0 spiro atoms. The molecule has 0 bridgehead atoms. The predicted molar refractivity (Wildman–Crippen MR) is 127 cm³/mol. The largest absolute Gasteiger partial charge is 0.489 e. The molecular formula is C25H29N5O6. The van der Waals surface area contributed by atoms with Crippen molar-refractivity contribution >= 4 is 17.7 Å². The third kappa shape index (κ3) is 4.47. The summed E-state index contributed by atoms with van der Waals surface area (Å²) in [6, 6.07) is 10.5. The highest BCUT2D eigenvalue weighted by molar-refractivity contribution is 6.08. The predicted octanol–water partition coefficient (Wildman–Crippen LogP) is -0.947. The van der Waals surface area contributed by atoms with Gasteiger partial charge in [-0.2, -0.15) is 0 Å². The number of hydrogen-bond acceptors (Lipinski definition) is 9. The first-order valence-electron chi connectivity index (χ1n) is 11.8. The van der Waals surface area contributed by atoms with E-state index in [0.29, 0.717) is 23.5 Å². The summed E-state index contributed by atoms with van der Waals surface area (Å²) in [6.45, 7) is 4.56. The van der Waals surface area contributed by atoms with Crippen molar-refractivity contribution in [1.29, 1.82) is 0 Å². The van der Waals surface area contributed by atoms with Gasteiger partial charge in [0.15, 0.2) is 0 Å². The number of ether oxygens (including phenoxy) is 2. The number of aliphatic hydroxyl groups is 1. The summed E-state index contributed by atoms with van der Waals surface area (Å²) in [7, 11) is 0. The molecule has 0 radical (unpaired) electrons. The molecule has 0 aromatic heterocycles. The first-order chi connectivity index (χ1) is 17.3. The van der Waals surface area contributed by atoms with E-state index in [4.69, 9.17) is 20.9 Å². The molecule has 0 saturated carbocycles. The Morgan fingerprint density at radius 2 is 1.78 bits per heavy atom. The Bertz CT molecular complexity index is 1180. The van der Waals surface area contributed by atoms with Crippen LogP contribution in [0.1, 0.15) is 27.0 Å². The second kappa shape index (κ2) is 9.60. The maximum Gasteiger partial charge on any atom is 0.275 e. The van der Waals surface area contributed by atoms with E-state index in [2.05, 4.69) is 17.0 Å². The van der Waals surface area contributed by atoms with Gasteiger partial charge in [-0.05, 0) is 23.3 Å². The number of carbonyl (C=O) groups excluding carboxylic acids is 3. The lowest BCUT2D eigenvalue weighted by Crippen LogP contribution is -2.78. The highest BCUT2D eigenvalue weighted by Crippen LogP contribution is 2.34. The van der Waals surface area contributed by atoms with Crippen LogP contribution >= 0.6 is 0 Å². The maximum absolute atomic E-state index is 13.1. The number of nitrogens with one attached hydrogen (secondary N) is 1. The average Bonchev–Trinajstić information content (AvgIpc) is 3.20. The minimum Gasteiger partial charge on any atom is -0.489 e. The van der Waals surface area contributed by atoms with Gasteiger partial charge in [-0.25, -0.2) is 0 Å². The zero-order valence-corrected chi connectivity index (χ0v) is 19.7. The number of nitrogens with two attached hydrogens (primary N) is 2. The molecule has 3 unspecified atom stereocenters. The van der Waals surface area contributed by atoms with Crippen LogP contribution in [0.4, 0.5) is 0 Å². The normalized spacial score (nSPS) is 26.6. The van der Waals surface area contributed by atoms with E-state index < -0.39 is 35.5 Å². The molecule has 2 saturated heterocycles. The zero-order chi connectivity index (χ0) is 25.4. The topological polar surface area (TPSA) is 160 Å². The minimum absolute atomic E-state index is 0.0267. The van der Waals surface area contributed by atoms with Gasteiger partial charge in [-0.1, -0.05) is 30.3 Å². The Balaban J connectivity index is 1.27. The number of rotatable bonds is 6. The third-order valence-corrected chi connectivity index (χ3v) is 6.93. The van der Waals surface area contributed by atoms with Crippen molar-refractivity contribution in [2.45, 2.75) is 37.5 Å². The summed E-state index contributed by atoms with van der Waals surface area (Å²) in [5, 5.41) is 12.3. The van der Waals surface area contributed by atoms with E-state index >= 15 is 0 Å². The summed E-state index contributed by atoms with van der Waals surface area (Å²) in [5.74, 6) is -1.84. The van der Waals surface area contributed by atoms with E-state index in [-0.39, 0.29) is 6.54 Å². The standard InChI is InChI=1S/C25H29N5O6/c26-21-20(22(31)28-24(33)25(21,27)34)30-13-18-17(23(30)32)2-1-3-19(18)36-14-16-6-4-15(5-7-16)12-29-8-10-35-11-9-29/h1-7,20-21,34H,8-14,26-27H2,(H,28,31,33).